The maximum Gasteiger partial charge on any atom is 0.292 e. The SMILES string of the molecule is O=[N+]([O-])c1ccc(-n2ccnc2)cc1N1CCCCC1. The third kappa shape index (κ3) is 2.36. The van der Waals surface area contributed by atoms with Gasteiger partial charge in [-0.15, -0.1) is 0 Å². The van der Waals surface area contributed by atoms with Gasteiger partial charge in [-0.25, -0.2) is 4.98 Å². The molecule has 3 rings (SSSR count). The summed E-state index contributed by atoms with van der Waals surface area (Å²) in [7, 11) is 0. The van der Waals surface area contributed by atoms with E-state index >= 15 is 0 Å². The molecule has 0 radical (unpaired) electrons. The molecule has 1 aliphatic rings. The summed E-state index contributed by atoms with van der Waals surface area (Å²) in [5.41, 5.74) is 1.78. The summed E-state index contributed by atoms with van der Waals surface area (Å²) in [6.45, 7) is 1.77. The van der Waals surface area contributed by atoms with Crippen molar-refractivity contribution in [3.05, 3.63) is 47.0 Å². The molecular weight excluding hydrogens is 256 g/mol. The fourth-order valence-corrected chi connectivity index (χ4v) is 2.63. The first-order valence-corrected chi connectivity index (χ1v) is 6.77. The molecule has 104 valence electrons. The molecule has 0 N–H and O–H groups in total. The lowest BCUT2D eigenvalue weighted by Crippen LogP contribution is -2.30. The molecule has 0 bridgehead atoms. The third-order valence-corrected chi connectivity index (χ3v) is 3.65. The van der Waals surface area contributed by atoms with Gasteiger partial charge in [0, 0.05) is 37.2 Å². The van der Waals surface area contributed by atoms with Crippen LogP contribution in [0.2, 0.25) is 0 Å². The Kier molecular flexibility index (Phi) is 3.37. The van der Waals surface area contributed by atoms with Gasteiger partial charge in [0.05, 0.1) is 11.3 Å². The molecule has 0 aliphatic carbocycles. The van der Waals surface area contributed by atoms with Crippen molar-refractivity contribution in [3.63, 3.8) is 0 Å². The van der Waals surface area contributed by atoms with Gasteiger partial charge in [-0.1, -0.05) is 0 Å². The number of rotatable bonds is 3. The standard InChI is InChI=1S/C14H16N4O2/c19-18(20)13-5-4-12(17-9-6-15-11-17)10-14(13)16-7-2-1-3-8-16/h4-6,9-11H,1-3,7-8H2. The summed E-state index contributed by atoms with van der Waals surface area (Å²) in [4.78, 5) is 17.0. The monoisotopic (exact) mass is 272 g/mol. The van der Waals surface area contributed by atoms with Crippen LogP contribution in [0.15, 0.2) is 36.9 Å². The lowest BCUT2D eigenvalue weighted by molar-refractivity contribution is -0.384. The highest BCUT2D eigenvalue weighted by Crippen LogP contribution is 2.32. The molecule has 6 heteroatoms. The van der Waals surface area contributed by atoms with E-state index in [0.717, 1.165) is 31.6 Å². The van der Waals surface area contributed by atoms with E-state index in [4.69, 9.17) is 0 Å². The zero-order valence-electron chi connectivity index (χ0n) is 11.1. The average molecular weight is 272 g/mol. The normalized spacial score (nSPS) is 15.3. The predicted molar refractivity (Wildman–Crippen MR) is 76.3 cm³/mol. The second kappa shape index (κ2) is 5.32. The lowest BCUT2D eigenvalue weighted by atomic mass is 10.1. The van der Waals surface area contributed by atoms with Crippen molar-refractivity contribution in [1.82, 2.24) is 9.55 Å². The number of nitrogens with zero attached hydrogens (tertiary/aromatic N) is 4. The molecule has 1 fully saturated rings. The molecular formula is C14H16N4O2. The van der Waals surface area contributed by atoms with E-state index in [1.165, 1.54) is 6.42 Å². The first-order chi connectivity index (χ1) is 9.75. The maximum absolute atomic E-state index is 11.2. The summed E-state index contributed by atoms with van der Waals surface area (Å²) in [5.74, 6) is 0. The molecule has 0 amide bonds. The van der Waals surface area contributed by atoms with Crippen molar-refractivity contribution in [2.45, 2.75) is 19.3 Å². The van der Waals surface area contributed by atoms with Crippen molar-refractivity contribution in [2.75, 3.05) is 18.0 Å². The minimum atomic E-state index is -0.304. The Hall–Kier alpha value is -2.37. The van der Waals surface area contributed by atoms with Gasteiger partial charge in [0.2, 0.25) is 0 Å². The topological polar surface area (TPSA) is 64.2 Å². The van der Waals surface area contributed by atoms with Crippen molar-refractivity contribution >= 4 is 11.4 Å². The molecule has 2 aromatic rings. The van der Waals surface area contributed by atoms with Gasteiger partial charge in [0.25, 0.3) is 5.69 Å². The van der Waals surface area contributed by atoms with Gasteiger partial charge < -0.3 is 9.47 Å². The molecule has 0 atom stereocenters. The van der Waals surface area contributed by atoms with Crippen LogP contribution < -0.4 is 4.90 Å². The molecule has 0 spiro atoms. The van der Waals surface area contributed by atoms with Crippen LogP contribution in [0.4, 0.5) is 11.4 Å². The molecule has 6 nitrogen and oxygen atoms in total. The summed E-state index contributed by atoms with van der Waals surface area (Å²) in [6.07, 6.45) is 8.61. The van der Waals surface area contributed by atoms with Gasteiger partial charge in [-0.3, -0.25) is 10.1 Å². The van der Waals surface area contributed by atoms with Crippen LogP contribution >= 0.6 is 0 Å². The Bertz CT molecular complexity index is 604. The molecule has 1 saturated heterocycles. The van der Waals surface area contributed by atoms with Gasteiger partial charge in [0.1, 0.15) is 5.69 Å². The van der Waals surface area contributed by atoms with Crippen LogP contribution in [-0.2, 0) is 0 Å². The van der Waals surface area contributed by atoms with Crippen molar-refractivity contribution < 1.29 is 4.92 Å². The number of hydrogen-bond acceptors (Lipinski definition) is 4. The number of benzene rings is 1. The first kappa shape index (κ1) is 12.7. The minimum Gasteiger partial charge on any atom is -0.366 e. The van der Waals surface area contributed by atoms with Crippen molar-refractivity contribution in [3.8, 4) is 5.69 Å². The van der Waals surface area contributed by atoms with Crippen LogP contribution in [0.1, 0.15) is 19.3 Å². The second-order valence-corrected chi connectivity index (χ2v) is 4.95. The highest BCUT2D eigenvalue weighted by molar-refractivity contribution is 5.67. The number of nitro groups is 1. The predicted octanol–water partition coefficient (Wildman–Crippen LogP) is 2.77. The van der Waals surface area contributed by atoms with Gasteiger partial charge in [0.15, 0.2) is 0 Å². The summed E-state index contributed by atoms with van der Waals surface area (Å²) >= 11 is 0. The molecule has 0 saturated carbocycles. The quantitative estimate of drug-likeness (QED) is 0.636. The summed E-state index contributed by atoms with van der Waals surface area (Å²) in [6, 6.07) is 5.22. The number of nitro benzene ring substituents is 1. The smallest absolute Gasteiger partial charge is 0.292 e. The zero-order chi connectivity index (χ0) is 13.9. The largest absolute Gasteiger partial charge is 0.366 e. The molecule has 20 heavy (non-hydrogen) atoms. The highest BCUT2D eigenvalue weighted by Gasteiger charge is 2.21. The fourth-order valence-electron chi connectivity index (χ4n) is 2.63. The van der Waals surface area contributed by atoms with E-state index in [2.05, 4.69) is 9.88 Å². The summed E-state index contributed by atoms with van der Waals surface area (Å²) < 4.78 is 1.86. The third-order valence-electron chi connectivity index (χ3n) is 3.65. The Morgan fingerprint density at radius 3 is 2.65 bits per heavy atom. The van der Waals surface area contributed by atoms with E-state index in [9.17, 15) is 10.1 Å². The molecule has 1 aliphatic heterocycles. The van der Waals surface area contributed by atoms with Crippen molar-refractivity contribution in [2.24, 2.45) is 0 Å². The molecule has 0 unspecified atom stereocenters. The second-order valence-electron chi connectivity index (χ2n) is 4.95. The van der Waals surface area contributed by atoms with Crippen LogP contribution in [0.25, 0.3) is 5.69 Å². The average Bonchev–Trinajstić information content (AvgIpc) is 3.02. The van der Waals surface area contributed by atoms with Gasteiger partial charge in [-0.05, 0) is 31.4 Å². The number of aromatic nitrogens is 2. The Balaban J connectivity index is 2.03. The first-order valence-electron chi connectivity index (χ1n) is 6.77. The maximum atomic E-state index is 11.2. The van der Waals surface area contributed by atoms with Crippen molar-refractivity contribution in [1.29, 1.82) is 0 Å². The Morgan fingerprint density at radius 2 is 2.00 bits per heavy atom. The van der Waals surface area contributed by atoms with Gasteiger partial charge in [-0.2, -0.15) is 0 Å². The van der Waals surface area contributed by atoms with Gasteiger partial charge >= 0.3 is 0 Å². The van der Waals surface area contributed by atoms with Crippen LogP contribution in [0, 0.1) is 10.1 Å². The Morgan fingerprint density at radius 1 is 1.20 bits per heavy atom. The summed E-state index contributed by atoms with van der Waals surface area (Å²) in [5, 5.41) is 11.2. The molecule has 1 aromatic carbocycles. The number of piperidine rings is 1. The fraction of sp³-hybridized carbons (Fsp3) is 0.357. The highest BCUT2D eigenvalue weighted by atomic mass is 16.6. The number of hydrogen-bond donors (Lipinski definition) is 0. The number of imidazole rings is 1. The molecule has 1 aromatic heterocycles. The zero-order valence-corrected chi connectivity index (χ0v) is 11.1. The Labute approximate surface area is 116 Å². The van der Waals surface area contributed by atoms with Crippen LogP contribution in [0.3, 0.4) is 0 Å². The number of anilines is 1. The van der Waals surface area contributed by atoms with E-state index in [-0.39, 0.29) is 10.6 Å². The lowest BCUT2D eigenvalue weighted by Gasteiger charge is -2.28. The molecule has 2 heterocycles. The minimum absolute atomic E-state index is 0.177. The van der Waals surface area contributed by atoms with Crippen LogP contribution in [-0.4, -0.2) is 27.6 Å². The van der Waals surface area contributed by atoms with E-state index < -0.39 is 0 Å². The van der Waals surface area contributed by atoms with E-state index in [1.54, 1.807) is 24.7 Å². The van der Waals surface area contributed by atoms with E-state index in [0.29, 0.717) is 5.69 Å². The van der Waals surface area contributed by atoms with Crippen LogP contribution in [0.5, 0.6) is 0 Å². The van der Waals surface area contributed by atoms with E-state index in [1.807, 2.05) is 16.8 Å².